The van der Waals surface area contributed by atoms with Crippen molar-refractivity contribution in [2.24, 2.45) is 0 Å². The van der Waals surface area contributed by atoms with Crippen LogP contribution in [0, 0.1) is 0 Å². The molecule has 1 heteroatoms. The number of hydrogen-bond donors (Lipinski definition) is 0. The van der Waals surface area contributed by atoms with Crippen LogP contribution in [-0.4, -0.2) is 0 Å². The molecule has 10 aromatic rings. The minimum atomic E-state index is -0.518. The van der Waals surface area contributed by atoms with Crippen molar-refractivity contribution in [1.82, 2.24) is 0 Å². The van der Waals surface area contributed by atoms with Crippen LogP contribution in [0.3, 0.4) is 0 Å². The summed E-state index contributed by atoms with van der Waals surface area (Å²) in [5.41, 5.74) is 15.2. The topological polar surface area (TPSA) is 3.24 Å². The molecule has 0 atom stereocenters. The van der Waals surface area contributed by atoms with Crippen molar-refractivity contribution in [2.45, 2.75) is 5.41 Å². The van der Waals surface area contributed by atoms with Gasteiger partial charge in [-0.3, -0.25) is 0 Å². The molecule has 0 amide bonds. The lowest BCUT2D eigenvalue weighted by Gasteiger charge is -2.34. The van der Waals surface area contributed by atoms with Gasteiger partial charge >= 0.3 is 0 Å². The van der Waals surface area contributed by atoms with E-state index in [2.05, 4.69) is 241 Å². The zero-order chi connectivity index (χ0) is 38.5. The van der Waals surface area contributed by atoms with Crippen molar-refractivity contribution >= 4 is 38.6 Å². The third-order valence-corrected chi connectivity index (χ3v) is 12.1. The number of hydrogen-bond acceptors (Lipinski definition) is 1. The molecule has 0 spiro atoms. The standard InChI is InChI=1S/C57H39N/c1-4-23-43(24-5-1)57(44-25-6-2-7-26-44)52-34-15-14-31-51(52)56-53(57)35-18-36-54(56)58(45-27-8-3-9-28-45)55-39-42(48-32-16-21-40-19-10-12-29-46(40)48)37-38-50(55)49-33-17-22-41-20-11-13-30-47(41)49/h1-39H. The van der Waals surface area contributed by atoms with E-state index in [1.807, 2.05) is 0 Å². The van der Waals surface area contributed by atoms with Crippen LogP contribution in [0.25, 0.3) is 54.9 Å². The molecule has 0 bridgehead atoms. The molecule has 0 unspecified atom stereocenters. The van der Waals surface area contributed by atoms with E-state index in [-0.39, 0.29) is 0 Å². The molecule has 11 rings (SSSR count). The lowest BCUT2D eigenvalue weighted by molar-refractivity contribution is 0.768. The van der Waals surface area contributed by atoms with E-state index < -0.39 is 5.41 Å². The number of nitrogens with zero attached hydrogens (tertiary/aromatic N) is 1. The Balaban J connectivity index is 1.26. The fourth-order valence-corrected chi connectivity index (χ4v) is 9.69. The molecule has 0 heterocycles. The molecule has 0 aliphatic heterocycles. The van der Waals surface area contributed by atoms with Crippen molar-refractivity contribution in [3.8, 4) is 33.4 Å². The second-order valence-electron chi connectivity index (χ2n) is 15.2. The van der Waals surface area contributed by atoms with Crippen LogP contribution in [0.15, 0.2) is 237 Å². The number of anilines is 3. The zero-order valence-corrected chi connectivity index (χ0v) is 32.0. The Hall–Kier alpha value is -7.48. The van der Waals surface area contributed by atoms with E-state index in [1.165, 1.54) is 77.2 Å². The van der Waals surface area contributed by atoms with E-state index in [4.69, 9.17) is 0 Å². The molecule has 0 saturated carbocycles. The van der Waals surface area contributed by atoms with Crippen LogP contribution < -0.4 is 4.90 Å². The maximum absolute atomic E-state index is 2.52. The summed E-state index contributed by atoms with van der Waals surface area (Å²) in [6, 6.07) is 87.0. The van der Waals surface area contributed by atoms with Crippen molar-refractivity contribution in [1.29, 1.82) is 0 Å². The van der Waals surface area contributed by atoms with E-state index >= 15 is 0 Å². The summed E-state index contributed by atoms with van der Waals surface area (Å²) in [5.74, 6) is 0. The van der Waals surface area contributed by atoms with Gasteiger partial charge in [0, 0.05) is 16.8 Å². The van der Waals surface area contributed by atoms with Gasteiger partial charge in [0.15, 0.2) is 0 Å². The predicted octanol–water partition coefficient (Wildman–Crippen LogP) is 15.2. The predicted molar refractivity (Wildman–Crippen MR) is 244 cm³/mol. The van der Waals surface area contributed by atoms with Crippen LogP contribution in [0.5, 0.6) is 0 Å². The molecule has 0 saturated heterocycles. The van der Waals surface area contributed by atoms with E-state index in [0.29, 0.717) is 0 Å². The van der Waals surface area contributed by atoms with Crippen LogP contribution in [0.1, 0.15) is 22.3 Å². The molecule has 1 aliphatic carbocycles. The van der Waals surface area contributed by atoms with Crippen LogP contribution in [0.4, 0.5) is 17.1 Å². The van der Waals surface area contributed by atoms with Gasteiger partial charge in [-0.05, 0) is 90.3 Å². The highest BCUT2D eigenvalue weighted by Gasteiger charge is 2.47. The monoisotopic (exact) mass is 737 g/mol. The normalized spacial score (nSPS) is 12.6. The van der Waals surface area contributed by atoms with E-state index in [0.717, 1.165) is 17.1 Å². The highest BCUT2D eigenvalue weighted by molar-refractivity contribution is 6.06. The van der Waals surface area contributed by atoms with Gasteiger partial charge in [0.1, 0.15) is 0 Å². The van der Waals surface area contributed by atoms with E-state index in [1.54, 1.807) is 0 Å². The number of para-hydroxylation sites is 1. The van der Waals surface area contributed by atoms with Gasteiger partial charge in [0.05, 0.1) is 16.8 Å². The Labute approximate surface area is 339 Å². The van der Waals surface area contributed by atoms with E-state index in [9.17, 15) is 0 Å². The highest BCUT2D eigenvalue weighted by atomic mass is 15.1. The van der Waals surface area contributed by atoms with Crippen LogP contribution >= 0.6 is 0 Å². The summed E-state index contributed by atoms with van der Waals surface area (Å²) in [6.07, 6.45) is 0. The van der Waals surface area contributed by atoms with Crippen molar-refractivity contribution in [3.05, 3.63) is 259 Å². The minimum Gasteiger partial charge on any atom is -0.309 e. The third kappa shape index (κ3) is 5.25. The summed E-state index contributed by atoms with van der Waals surface area (Å²) in [4.78, 5) is 2.52. The molecule has 0 fully saturated rings. The van der Waals surface area contributed by atoms with Gasteiger partial charge < -0.3 is 4.90 Å². The van der Waals surface area contributed by atoms with Gasteiger partial charge in [-0.2, -0.15) is 0 Å². The van der Waals surface area contributed by atoms with Gasteiger partial charge in [-0.25, -0.2) is 0 Å². The summed E-state index contributed by atoms with van der Waals surface area (Å²) < 4.78 is 0. The fraction of sp³-hybridized carbons (Fsp3) is 0.0175. The smallest absolute Gasteiger partial charge is 0.0714 e. The Morgan fingerprint density at radius 3 is 1.50 bits per heavy atom. The quantitative estimate of drug-likeness (QED) is 0.157. The first-order valence-electron chi connectivity index (χ1n) is 20.1. The number of rotatable bonds is 7. The number of fused-ring (bicyclic) bond motifs is 5. The molecule has 0 aromatic heterocycles. The molecule has 0 N–H and O–H groups in total. The first-order valence-corrected chi connectivity index (χ1v) is 20.1. The van der Waals surface area contributed by atoms with Gasteiger partial charge in [0.2, 0.25) is 0 Å². The second-order valence-corrected chi connectivity index (χ2v) is 15.2. The molecule has 0 radical (unpaired) electrons. The Bertz CT molecular complexity index is 3060. The lowest BCUT2D eigenvalue weighted by atomic mass is 9.68. The highest BCUT2D eigenvalue weighted by Crippen LogP contribution is 2.60. The molecule has 58 heavy (non-hydrogen) atoms. The minimum absolute atomic E-state index is 0.518. The van der Waals surface area contributed by atoms with Crippen molar-refractivity contribution in [3.63, 3.8) is 0 Å². The average Bonchev–Trinajstić information content (AvgIpc) is 3.61. The Morgan fingerprint density at radius 1 is 0.310 bits per heavy atom. The van der Waals surface area contributed by atoms with Crippen molar-refractivity contribution < 1.29 is 0 Å². The molecule has 272 valence electrons. The molecular weight excluding hydrogens is 699 g/mol. The fourth-order valence-electron chi connectivity index (χ4n) is 9.69. The van der Waals surface area contributed by atoms with Gasteiger partial charge in [-0.1, -0.05) is 212 Å². The Morgan fingerprint density at radius 2 is 0.810 bits per heavy atom. The van der Waals surface area contributed by atoms with Crippen LogP contribution in [0.2, 0.25) is 0 Å². The average molecular weight is 738 g/mol. The third-order valence-electron chi connectivity index (χ3n) is 12.1. The van der Waals surface area contributed by atoms with Gasteiger partial charge in [0.25, 0.3) is 0 Å². The maximum Gasteiger partial charge on any atom is 0.0714 e. The Kier molecular flexibility index (Phi) is 8.12. The lowest BCUT2D eigenvalue weighted by Crippen LogP contribution is -2.28. The molecule has 10 aromatic carbocycles. The zero-order valence-electron chi connectivity index (χ0n) is 32.0. The SMILES string of the molecule is c1ccc(N(c2cc(-c3cccc4ccccc34)ccc2-c2cccc3ccccc23)c2cccc3c2-c2ccccc2C3(c2ccccc2)c2ccccc2)cc1. The van der Waals surface area contributed by atoms with Crippen molar-refractivity contribution in [2.75, 3.05) is 4.90 Å². The number of benzene rings is 10. The largest absolute Gasteiger partial charge is 0.309 e. The maximum atomic E-state index is 2.52. The summed E-state index contributed by atoms with van der Waals surface area (Å²) >= 11 is 0. The molecular formula is C57H39N. The van der Waals surface area contributed by atoms with Crippen LogP contribution in [-0.2, 0) is 5.41 Å². The second kappa shape index (κ2) is 13.9. The first-order chi connectivity index (χ1) is 28.8. The summed E-state index contributed by atoms with van der Waals surface area (Å²) in [7, 11) is 0. The first kappa shape index (κ1) is 33.8. The molecule has 1 aliphatic rings. The van der Waals surface area contributed by atoms with Gasteiger partial charge in [-0.15, -0.1) is 0 Å². The summed E-state index contributed by atoms with van der Waals surface area (Å²) in [5, 5.41) is 4.92. The summed E-state index contributed by atoms with van der Waals surface area (Å²) in [6.45, 7) is 0. The molecule has 1 nitrogen and oxygen atoms in total.